The Morgan fingerprint density at radius 2 is 1.85 bits per heavy atom. The lowest BCUT2D eigenvalue weighted by atomic mass is 10.1. The first-order valence-corrected chi connectivity index (χ1v) is 10.4. The highest BCUT2D eigenvalue weighted by Gasteiger charge is 2.19. The minimum atomic E-state index is 0.251. The van der Waals surface area contributed by atoms with Gasteiger partial charge in [0.1, 0.15) is 5.75 Å². The van der Waals surface area contributed by atoms with Gasteiger partial charge in [-0.05, 0) is 44.0 Å². The van der Waals surface area contributed by atoms with Crippen LogP contribution in [0.5, 0.6) is 5.75 Å². The number of ether oxygens (including phenoxy) is 1. The van der Waals surface area contributed by atoms with E-state index in [1.807, 2.05) is 23.9 Å². The number of hydrogen-bond donors (Lipinski definition) is 0. The maximum atomic E-state index is 12.8. The standard InChI is InChI=1S/C21H28N2O2S/c1-16-14-20(21(24)15-22-10-12-26-13-11-22)17(2)23(16)9-8-18-4-6-19(25-3)7-5-18/h4-7,14H,8-13,15H2,1-3H3. The highest BCUT2D eigenvalue weighted by atomic mass is 32.2. The van der Waals surface area contributed by atoms with Gasteiger partial charge in [0.05, 0.1) is 13.7 Å². The molecule has 0 saturated carbocycles. The van der Waals surface area contributed by atoms with Gasteiger partial charge in [0.2, 0.25) is 0 Å². The van der Waals surface area contributed by atoms with Crippen molar-refractivity contribution in [2.75, 3.05) is 38.2 Å². The topological polar surface area (TPSA) is 34.5 Å². The fraction of sp³-hybridized carbons (Fsp3) is 0.476. The lowest BCUT2D eigenvalue weighted by molar-refractivity contribution is 0.0936. The Morgan fingerprint density at radius 3 is 2.50 bits per heavy atom. The molecule has 0 aliphatic carbocycles. The zero-order chi connectivity index (χ0) is 18.5. The number of methoxy groups -OCH3 is 1. The Kier molecular flexibility index (Phi) is 6.43. The SMILES string of the molecule is COc1ccc(CCn2c(C)cc(C(=O)CN3CCSCC3)c2C)cc1. The molecule has 0 unspecified atom stereocenters. The van der Waals surface area contributed by atoms with Crippen LogP contribution in [0.15, 0.2) is 30.3 Å². The molecule has 4 nitrogen and oxygen atoms in total. The van der Waals surface area contributed by atoms with E-state index in [4.69, 9.17) is 4.74 Å². The van der Waals surface area contributed by atoms with Crippen LogP contribution in [0.25, 0.3) is 0 Å². The van der Waals surface area contributed by atoms with E-state index in [0.717, 1.165) is 60.3 Å². The maximum absolute atomic E-state index is 12.8. The van der Waals surface area contributed by atoms with Gasteiger partial charge in [0, 0.05) is 48.1 Å². The molecule has 2 aromatic rings. The van der Waals surface area contributed by atoms with Gasteiger partial charge in [0.15, 0.2) is 5.78 Å². The van der Waals surface area contributed by atoms with E-state index in [-0.39, 0.29) is 5.78 Å². The monoisotopic (exact) mass is 372 g/mol. The average molecular weight is 373 g/mol. The molecule has 1 fully saturated rings. The van der Waals surface area contributed by atoms with Gasteiger partial charge < -0.3 is 9.30 Å². The van der Waals surface area contributed by atoms with Crippen molar-refractivity contribution in [1.82, 2.24) is 9.47 Å². The van der Waals surface area contributed by atoms with Crippen molar-refractivity contribution in [2.24, 2.45) is 0 Å². The number of carbonyl (C=O) groups is 1. The quantitative estimate of drug-likeness (QED) is 0.696. The van der Waals surface area contributed by atoms with Gasteiger partial charge in [-0.15, -0.1) is 0 Å². The Morgan fingerprint density at radius 1 is 1.15 bits per heavy atom. The molecule has 0 atom stereocenters. The first-order chi connectivity index (χ1) is 12.6. The van der Waals surface area contributed by atoms with Crippen molar-refractivity contribution in [3.05, 3.63) is 52.8 Å². The first-order valence-electron chi connectivity index (χ1n) is 9.21. The molecule has 0 N–H and O–H groups in total. The molecule has 0 bridgehead atoms. The molecule has 0 amide bonds. The number of aryl methyl sites for hydroxylation is 2. The lowest BCUT2D eigenvalue weighted by Crippen LogP contribution is -2.36. The fourth-order valence-corrected chi connectivity index (χ4v) is 4.49. The third-order valence-electron chi connectivity index (χ3n) is 5.13. The molecule has 140 valence electrons. The normalized spacial score (nSPS) is 15.2. The minimum absolute atomic E-state index is 0.251. The van der Waals surface area contributed by atoms with Crippen LogP contribution in [0.3, 0.4) is 0 Å². The van der Waals surface area contributed by atoms with Gasteiger partial charge in [-0.2, -0.15) is 11.8 Å². The van der Waals surface area contributed by atoms with Crippen molar-refractivity contribution in [3.63, 3.8) is 0 Å². The first kappa shape index (κ1) is 19.1. The second-order valence-electron chi connectivity index (χ2n) is 6.85. The maximum Gasteiger partial charge on any atom is 0.178 e. The molecule has 1 aromatic carbocycles. The molecule has 0 radical (unpaired) electrons. The highest BCUT2D eigenvalue weighted by molar-refractivity contribution is 7.99. The van der Waals surface area contributed by atoms with Gasteiger partial charge in [0.25, 0.3) is 0 Å². The predicted octanol–water partition coefficient (Wildman–Crippen LogP) is 3.59. The van der Waals surface area contributed by atoms with Crippen molar-refractivity contribution in [3.8, 4) is 5.75 Å². The van der Waals surface area contributed by atoms with Gasteiger partial charge in [-0.3, -0.25) is 9.69 Å². The van der Waals surface area contributed by atoms with Crippen molar-refractivity contribution < 1.29 is 9.53 Å². The van der Waals surface area contributed by atoms with E-state index in [1.165, 1.54) is 5.56 Å². The smallest absolute Gasteiger partial charge is 0.178 e. The molecular formula is C21H28N2O2S. The Hall–Kier alpha value is -1.72. The van der Waals surface area contributed by atoms with Crippen LogP contribution in [0.2, 0.25) is 0 Å². The molecule has 2 heterocycles. The number of benzene rings is 1. The summed E-state index contributed by atoms with van der Waals surface area (Å²) in [6.45, 7) is 7.63. The van der Waals surface area contributed by atoms with Gasteiger partial charge in [-0.1, -0.05) is 12.1 Å². The number of ketones is 1. The van der Waals surface area contributed by atoms with Crippen molar-refractivity contribution >= 4 is 17.5 Å². The van der Waals surface area contributed by atoms with Crippen molar-refractivity contribution in [2.45, 2.75) is 26.8 Å². The van der Waals surface area contributed by atoms with E-state index in [1.54, 1.807) is 7.11 Å². The number of hydrogen-bond acceptors (Lipinski definition) is 4. The summed E-state index contributed by atoms with van der Waals surface area (Å²) in [7, 11) is 1.68. The minimum Gasteiger partial charge on any atom is -0.497 e. The van der Waals surface area contributed by atoms with Gasteiger partial charge in [-0.25, -0.2) is 0 Å². The summed E-state index contributed by atoms with van der Waals surface area (Å²) < 4.78 is 7.48. The summed E-state index contributed by atoms with van der Waals surface area (Å²) in [6.07, 6.45) is 0.942. The van der Waals surface area contributed by atoms with Crippen LogP contribution in [0, 0.1) is 13.8 Å². The molecule has 1 saturated heterocycles. The molecule has 5 heteroatoms. The second kappa shape index (κ2) is 8.78. The largest absolute Gasteiger partial charge is 0.497 e. The number of nitrogens with zero attached hydrogens (tertiary/aromatic N) is 2. The predicted molar refractivity (Wildman–Crippen MR) is 109 cm³/mol. The number of carbonyl (C=O) groups excluding carboxylic acids is 1. The fourth-order valence-electron chi connectivity index (χ4n) is 3.51. The third kappa shape index (κ3) is 4.51. The zero-order valence-electron chi connectivity index (χ0n) is 16.0. The van der Waals surface area contributed by atoms with Crippen molar-refractivity contribution in [1.29, 1.82) is 0 Å². The van der Waals surface area contributed by atoms with Crippen LogP contribution in [0.1, 0.15) is 27.3 Å². The summed E-state index contributed by atoms with van der Waals surface area (Å²) >= 11 is 1.97. The Bertz CT molecular complexity index is 746. The second-order valence-corrected chi connectivity index (χ2v) is 8.07. The summed E-state index contributed by atoms with van der Waals surface area (Å²) in [5, 5.41) is 0. The summed E-state index contributed by atoms with van der Waals surface area (Å²) in [6, 6.07) is 10.3. The summed E-state index contributed by atoms with van der Waals surface area (Å²) in [5.41, 5.74) is 4.41. The number of aromatic nitrogens is 1. The van der Waals surface area contributed by atoms with E-state index in [2.05, 4.69) is 41.5 Å². The van der Waals surface area contributed by atoms with Crippen LogP contribution < -0.4 is 4.74 Å². The molecule has 26 heavy (non-hydrogen) atoms. The molecule has 1 aromatic heterocycles. The third-order valence-corrected chi connectivity index (χ3v) is 6.07. The van der Waals surface area contributed by atoms with E-state index in [9.17, 15) is 4.79 Å². The van der Waals surface area contributed by atoms with Crippen LogP contribution in [-0.2, 0) is 13.0 Å². The van der Waals surface area contributed by atoms with E-state index < -0.39 is 0 Å². The average Bonchev–Trinajstić information content (AvgIpc) is 2.95. The van der Waals surface area contributed by atoms with Crippen LogP contribution >= 0.6 is 11.8 Å². The molecule has 3 rings (SSSR count). The van der Waals surface area contributed by atoms with Gasteiger partial charge >= 0.3 is 0 Å². The number of thioether (sulfide) groups is 1. The van der Waals surface area contributed by atoms with Crippen LogP contribution in [0.4, 0.5) is 0 Å². The Labute approximate surface area is 160 Å². The zero-order valence-corrected chi connectivity index (χ0v) is 16.8. The summed E-state index contributed by atoms with van der Waals surface area (Å²) in [4.78, 5) is 15.0. The highest BCUT2D eigenvalue weighted by Crippen LogP contribution is 2.19. The molecular weight excluding hydrogens is 344 g/mol. The molecule has 0 spiro atoms. The van der Waals surface area contributed by atoms with E-state index >= 15 is 0 Å². The lowest BCUT2D eigenvalue weighted by Gasteiger charge is -2.25. The van der Waals surface area contributed by atoms with E-state index in [0.29, 0.717) is 6.54 Å². The number of rotatable bonds is 7. The number of Topliss-reactive ketones (excluding diaryl/α,β-unsaturated/α-hetero) is 1. The summed E-state index contributed by atoms with van der Waals surface area (Å²) in [5.74, 6) is 3.40. The molecule has 1 aliphatic rings. The van der Waals surface area contributed by atoms with Crippen LogP contribution in [-0.4, -0.2) is 53.5 Å². The Balaban J connectivity index is 1.65. The molecule has 1 aliphatic heterocycles.